The number of pyridine rings is 4. The molecule has 0 aliphatic carbocycles. The first-order valence-corrected chi connectivity index (χ1v) is 17.8. The number of aliphatic hydroxyl groups is 1. The fourth-order valence-electron chi connectivity index (χ4n) is 4.16. The standard InChI is InChI=1S/C21H18ClF5N6O4.C8H5F3N2O.C6H3FN2.C2H3F3O/c22-16-9-30-18(31-11-20(23,24)15-5-1-2-7-33(15)36)19(35)32(16)10-17(34)29-8-13-14(4-3-6-28-13)37-12-21(25,26)27;1-12-7-6(3-2-4-13-7)14-5-8(9,10)11;1-8-6-5(7)3-2-4-9-6;3-2(4,5)1-6/h1-7,9H,8,10-12H2,(H,29,34)(H,30,31);2-4H,5H2;2-4H;6H,1H2. The van der Waals surface area contributed by atoms with Crippen molar-refractivity contribution in [1.29, 1.82) is 0 Å². The largest absolute Gasteiger partial charge is 0.618 e. The molecule has 0 fully saturated rings. The van der Waals surface area contributed by atoms with Gasteiger partial charge >= 0.3 is 36.1 Å². The molecule has 66 heavy (non-hydrogen) atoms. The zero-order valence-corrected chi connectivity index (χ0v) is 33.6. The third-order valence-corrected chi connectivity index (χ3v) is 7.25. The average Bonchev–Trinajstić information content (AvgIpc) is 3.26. The lowest BCUT2D eigenvalue weighted by atomic mass is 10.2. The van der Waals surface area contributed by atoms with Crippen LogP contribution in [0.3, 0.4) is 0 Å². The van der Waals surface area contributed by atoms with Gasteiger partial charge in [0.2, 0.25) is 5.91 Å². The van der Waals surface area contributed by atoms with Crippen LogP contribution in [0.2, 0.25) is 5.15 Å². The minimum Gasteiger partial charge on any atom is -0.618 e. The molecule has 16 nitrogen and oxygen atoms in total. The van der Waals surface area contributed by atoms with Crippen molar-refractivity contribution in [2.24, 2.45) is 0 Å². The van der Waals surface area contributed by atoms with Crippen LogP contribution in [0.15, 0.2) is 90.4 Å². The second kappa shape index (κ2) is 25.1. The van der Waals surface area contributed by atoms with Crippen LogP contribution in [0.25, 0.3) is 9.69 Å². The fraction of sp³-hybridized carbons (Fsp3) is 0.270. The normalized spacial score (nSPS) is 11.1. The number of amides is 1. The Morgan fingerprint density at radius 1 is 0.803 bits per heavy atom. The Bertz CT molecular complexity index is 2500. The number of hydrogen-bond acceptors (Lipinski definition) is 11. The van der Waals surface area contributed by atoms with Crippen molar-refractivity contribution in [3.05, 3.63) is 146 Å². The van der Waals surface area contributed by atoms with Crippen molar-refractivity contribution in [3.63, 3.8) is 0 Å². The van der Waals surface area contributed by atoms with Gasteiger partial charge in [0, 0.05) is 18.3 Å². The molecule has 5 aromatic heterocycles. The number of aromatic nitrogens is 6. The molecule has 354 valence electrons. The highest BCUT2D eigenvalue weighted by atomic mass is 35.5. The molecular weight excluding hydrogens is 944 g/mol. The summed E-state index contributed by atoms with van der Waals surface area (Å²) in [5.74, 6) is -6.28. The van der Waals surface area contributed by atoms with Gasteiger partial charge in [0.15, 0.2) is 25.2 Å². The Balaban J connectivity index is 0.000000414. The number of anilines is 1. The second-order valence-electron chi connectivity index (χ2n) is 12.0. The van der Waals surface area contributed by atoms with E-state index in [1.54, 1.807) is 0 Å². The summed E-state index contributed by atoms with van der Waals surface area (Å²) in [6.45, 7) is 6.16. The van der Waals surface area contributed by atoms with Crippen LogP contribution in [0.1, 0.15) is 11.4 Å². The highest BCUT2D eigenvalue weighted by Crippen LogP contribution is 2.27. The Labute approximate surface area is 368 Å². The van der Waals surface area contributed by atoms with E-state index in [2.05, 4.69) is 49.7 Å². The summed E-state index contributed by atoms with van der Waals surface area (Å²) >= 11 is 5.94. The van der Waals surface area contributed by atoms with E-state index in [1.165, 1.54) is 67.1 Å². The van der Waals surface area contributed by atoms with Gasteiger partial charge < -0.3 is 40.1 Å². The molecule has 0 saturated heterocycles. The van der Waals surface area contributed by atoms with Crippen LogP contribution in [-0.2, 0) is 23.8 Å². The first kappa shape index (κ1) is 54.7. The molecule has 0 unspecified atom stereocenters. The molecule has 0 saturated carbocycles. The minimum atomic E-state index is -4.58. The van der Waals surface area contributed by atoms with Crippen molar-refractivity contribution < 1.29 is 76.8 Å². The number of nitrogens with one attached hydrogen (secondary N) is 2. The van der Waals surface area contributed by atoms with Gasteiger partial charge in [0.05, 0.1) is 19.3 Å². The number of halogens is 13. The summed E-state index contributed by atoms with van der Waals surface area (Å²) in [6, 6.07) is 11.4. The van der Waals surface area contributed by atoms with Crippen LogP contribution in [0.4, 0.5) is 70.1 Å². The predicted octanol–water partition coefficient (Wildman–Crippen LogP) is 7.27. The SMILES string of the molecule is O=C(Cn1c(Cl)cnc(NCC(F)(F)c2cccc[n+]2[O-])c1=O)NCc1ncccc1OCC(F)(F)F.OCC(F)(F)F.[C-]#[N+]c1ncccc1F.[C-]#[N+]c1ncccc1OCC(F)(F)F. The summed E-state index contributed by atoms with van der Waals surface area (Å²) in [6.07, 6.45) is -7.56. The van der Waals surface area contributed by atoms with E-state index in [0.717, 1.165) is 23.0 Å². The Morgan fingerprint density at radius 2 is 1.35 bits per heavy atom. The van der Waals surface area contributed by atoms with Crippen LogP contribution in [0, 0.1) is 24.2 Å². The molecular formula is C37H29ClF12N10O6. The summed E-state index contributed by atoms with van der Waals surface area (Å²) in [4.78, 5) is 45.4. The molecule has 0 radical (unpaired) electrons. The van der Waals surface area contributed by atoms with Gasteiger partial charge in [-0.1, -0.05) is 24.7 Å². The molecule has 0 bridgehead atoms. The lowest BCUT2D eigenvalue weighted by Gasteiger charge is -2.17. The molecule has 0 aliphatic heterocycles. The number of nitrogens with zero attached hydrogens (tertiary/aromatic N) is 8. The minimum absolute atomic E-state index is 0.00520. The summed E-state index contributed by atoms with van der Waals surface area (Å²) < 4.78 is 155. The van der Waals surface area contributed by atoms with Crippen LogP contribution < -0.4 is 30.4 Å². The number of ether oxygens (including phenoxy) is 2. The lowest BCUT2D eigenvalue weighted by Crippen LogP contribution is -2.41. The van der Waals surface area contributed by atoms with E-state index >= 15 is 0 Å². The van der Waals surface area contributed by atoms with Crippen molar-refractivity contribution in [2.75, 3.05) is 31.7 Å². The van der Waals surface area contributed by atoms with Crippen LogP contribution in [0.5, 0.6) is 11.5 Å². The number of alkyl halides is 11. The van der Waals surface area contributed by atoms with Crippen molar-refractivity contribution >= 4 is 35.0 Å². The third kappa shape index (κ3) is 19.9. The van der Waals surface area contributed by atoms with Crippen LogP contribution in [-0.4, -0.2) is 80.4 Å². The lowest BCUT2D eigenvalue weighted by molar-refractivity contribution is -0.624. The molecule has 5 heterocycles. The smallest absolute Gasteiger partial charge is 0.422 e. The van der Waals surface area contributed by atoms with E-state index in [-0.39, 0.29) is 45.3 Å². The summed E-state index contributed by atoms with van der Waals surface area (Å²) in [5.41, 5.74) is -1.87. The highest BCUT2D eigenvalue weighted by molar-refractivity contribution is 6.29. The van der Waals surface area contributed by atoms with Crippen molar-refractivity contribution in [1.82, 2.24) is 29.8 Å². The number of rotatable bonds is 12. The highest BCUT2D eigenvalue weighted by Gasteiger charge is 2.39. The quantitative estimate of drug-likeness (QED) is 0.0494. The maximum atomic E-state index is 14.4. The zero-order valence-electron chi connectivity index (χ0n) is 32.8. The maximum Gasteiger partial charge on any atom is 0.422 e. The number of hydrogen-bond donors (Lipinski definition) is 3. The van der Waals surface area contributed by atoms with Gasteiger partial charge in [0.25, 0.3) is 11.3 Å². The monoisotopic (exact) mass is 972 g/mol. The first-order chi connectivity index (χ1) is 30.8. The molecule has 0 aliphatic rings. The average molecular weight is 973 g/mol. The molecule has 3 N–H and O–H groups in total. The Morgan fingerprint density at radius 3 is 1.88 bits per heavy atom. The molecule has 0 spiro atoms. The maximum absolute atomic E-state index is 14.4. The molecule has 5 rings (SSSR count). The third-order valence-electron chi connectivity index (χ3n) is 6.95. The fourth-order valence-corrected chi connectivity index (χ4v) is 4.35. The Hall–Kier alpha value is -7.46. The van der Waals surface area contributed by atoms with E-state index in [9.17, 15) is 67.5 Å². The Kier molecular flexibility index (Phi) is 20.8. The summed E-state index contributed by atoms with van der Waals surface area (Å²) in [7, 11) is 0. The van der Waals surface area contributed by atoms with Gasteiger partial charge in [-0.15, -0.1) is 9.97 Å². The molecule has 1 amide bonds. The van der Waals surface area contributed by atoms with Gasteiger partial charge in [-0.2, -0.15) is 53.0 Å². The number of aliphatic hydroxyl groups excluding tert-OH is 1. The number of carbonyl (C=O) groups is 1. The topological polar surface area (TPSA) is 189 Å². The predicted molar refractivity (Wildman–Crippen MR) is 205 cm³/mol. The van der Waals surface area contributed by atoms with Crippen molar-refractivity contribution in [3.8, 4) is 11.5 Å². The van der Waals surface area contributed by atoms with E-state index < -0.39 is 86.2 Å². The van der Waals surface area contributed by atoms with Crippen LogP contribution >= 0.6 is 11.6 Å². The zero-order chi connectivity index (χ0) is 49.7. The van der Waals surface area contributed by atoms with Gasteiger partial charge in [-0.25, -0.2) is 9.37 Å². The number of carbonyl (C=O) groups excluding carboxylic acids is 1. The first-order valence-electron chi connectivity index (χ1n) is 17.4. The van der Waals surface area contributed by atoms with E-state index in [0.29, 0.717) is 0 Å². The molecule has 5 aromatic rings. The second-order valence-corrected chi connectivity index (χ2v) is 12.3. The van der Waals surface area contributed by atoms with Gasteiger partial charge in [-0.05, 0) is 42.5 Å². The molecule has 0 aromatic carbocycles. The van der Waals surface area contributed by atoms with Gasteiger partial charge in [-0.3, -0.25) is 19.1 Å². The van der Waals surface area contributed by atoms with Crippen molar-refractivity contribution in [2.45, 2.75) is 37.5 Å². The van der Waals surface area contributed by atoms with E-state index in [1.807, 2.05) is 0 Å². The summed E-state index contributed by atoms with van der Waals surface area (Å²) in [5, 5.41) is 23.1. The van der Waals surface area contributed by atoms with E-state index in [4.69, 9.17) is 29.9 Å². The van der Waals surface area contributed by atoms with Gasteiger partial charge in [0.1, 0.15) is 53.7 Å². The molecule has 0 atom stereocenters. The molecule has 29 heteroatoms.